The second kappa shape index (κ2) is 5.72. The standard InChI is InChI=1S/C12H26N2/c1-12(2,9-14-10-13-3)11-7-5-4-6-8-11/h11,13-14H,4-10H2,1-3H3. The molecule has 2 heteroatoms. The maximum Gasteiger partial charge on any atom is 0.0451 e. The molecule has 0 aromatic carbocycles. The van der Waals surface area contributed by atoms with E-state index in [2.05, 4.69) is 24.5 Å². The van der Waals surface area contributed by atoms with Crippen molar-refractivity contribution in [2.45, 2.75) is 46.0 Å². The van der Waals surface area contributed by atoms with Crippen LogP contribution >= 0.6 is 0 Å². The average molecular weight is 198 g/mol. The number of hydrogen-bond acceptors (Lipinski definition) is 2. The number of nitrogens with one attached hydrogen (secondary N) is 2. The molecule has 1 saturated carbocycles. The molecular weight excluding hydrogens is 172 g/mol. The highest BCUT2D eigenvalue weighted by Gasteiger charge is 2.29. The lowest BCUT2D eigenvalue weighted by molar-refractivity contribution is 0.154. The Morgan fingerprint density at radius 2 is 1.79 bits per heavy atom. The van der Waals surface area contributed by atoms with E-state index < -0.39 is 0 Å². The molecule has 0 atom stereocenters. The van der Waals surface area contributed by atoms with Gasteiger partial charge in [0.15, 0.2) is 0 Å². The summed E-state index contributed by atoms with van der Waals surface area (Å²) in [5.74, 6) is 0.931. The number of rotatable bonds is 5. The zero-order valence-electron chi connectivity index (χ0n) is 10.0. The second-order valence-electron chi connectivity index (χ2n) is 5.28. The molecule has 1 rings (SSSR count). The minimum Gasteiger partial charge on any atom is -0.308 e. The summed E-state index contributed by atoms with van der Waals surface area (Å²) in [6.45, 7) is 6.88. The molecule has 84 valence electrons. The predicted octanol–water partition coefficient (Wildman–Crippen LogP) is 2.36. The summed E-state index contributed by atoms with van der Waals surface area (Å²) in [5.41, 5.74) is 0.470. The molecule has 14 heavy (non-hydrogen) atoms. The molecule has 0 aliphatic heterocycles. The van der Waals surface area contributed by atoms with Gasteiger partial charge in [0.1, 0.15) is 0 Å². The molecule has 0 unspecified atom stereocenters. The molecule has 0 saturated heterocycles. The van der Waals surface area contributed by atoms with Crippen molar-refractivity contribution >= 4 is 0 Å². The van der Waals surface area contributed by atoms with Gasteiger partial charge in [-0.15, -0.1) is 0 Å². The Kier molecular flexibility index (Phi) is 4.90. The van der Waals surface area contributed by atoms with Gasteiger partial charge in [-0.25, -0.2) is 0 Å². The molecule has 0 radical (unpaired) electrons. The van der Waals surface area contributed by atoms with Crippen LogP contribution in [0.5, 0.6) is 0 Å². The highest BCUT2D eigenvalue weighted by molar-refractivity contribution is 4.82. The van der Waals surface area contributed by atoms with Crippen LogP contribution in [-0.4, -0.2) is 20.3 Å². The molecule has 0 aromatic heterocycles. The van der Waals surface area contributed by atoms with Crippen LogP contribution in [0.15, 0.2) is 0 Å². The Morgan fingerprint density at radius 3 is 2.36 bits per heavy atom. The fourth-order valence-electron chi connectivity index (χ4n) is 2.54. The van der Waals surface area contributed by atoms with E-state index in [1.165, 1.54) is 32.1 Å². The molecule has 1 aliphatic rings. The largest absolute Gasteiger partial charge is 0.308 e. The molecular formula is C12H26N2. The third-order valence-corrected chi connectivity index (χ3v) is 3.59. The van der Waals surface area contributed by atoms with Gasteiger partial charge in [0.25, 0.3) is 0 Å². The van der Waals surface area contributed by atoms with Crippen LogP contribution in [0.3, 0.4) is 0 Å². The van der Waals surface area contributed by atoms with Crippen molar-refractivity contribution in [2.75, 3.05) is 20.3 Å². The van der Waals surface area contributed by atoms with E-state index in [1.54, 1.807) is 0 Å². The van der Waals surface area contributed by atoms with Crippen molar-refractivity contribution in [3.63, 3.8) is 0 Å². The molecule has 0 heterocycles. The van der Waals surface area contributed by atoms with E-state index in [-0.39, 0.29) is 0 Å². The van der Waals surface area contributed by atoms with Crippen molar-refractivity contribution in [1.82, 2.24) is 10.6 Å². The summed E-state index contributed by atoms with van der Waals surface area (Å²) < 4.78 is 0. The van der Waals surface area contributed by atoms with Gasteiger partial charge in [0, 0.05) is 13.2 Å². The molecule has 2 N–H and O–H groups in total. The van der Waals surface area contributed by atoms with Crippen molar-refractivity contribution in [2.24, 2.45) is 11.3 Å². The third kappa shape index (κ3) is 3.58. The lowest BCUT2D eigenvalue weighted by Gasteiger charge is -2.37. The van der Waals surface area contributed by atoms with Gasteiger partial charge >= 0.3 is 0 Å². The topological polar surface area (TPSA) is 24.1 Å². The van der Waals surface area contributed by atoms with Gasteiger partial charge in [-0.2, -0.15) is 0 Å². The zero-order chi connectivity index (χ0) is 10.4. The summed E-state index contributed by atoms with van der Waals surface area (Å²) in [6, 6.07) is 0. The van der Waals surface area contributed by atoms with E-state index >= 15 is 0 Å². The Labute approximate surface area is 88.8 Å². The van der Waals surface area contributed by atoms with E-state index in [0.29, 0.717) is 5.41 Å². The molecule has 0 aromatic rings. The summed E-state index contributed by atoms with van der Waals surface area (Å²) in [7, 11) is 1.99. The SMILES string of the molecule is CNCNCC(C)(C)C1CCCCC1. The molecule has 0 spiro atoms. The van der Waals surface area contributed by atoms with Gasteiger partial charge in [-0.1, -0.05) is 33.1 Å². The minimum absolute atomic E-state index is 0.470. The quantitative estimate of drug-likeness (QED) is 0.523. The summed E-state index contributed by atoms with van der Waals surface area (Å²) in [6.07, 6.45) is 7.22. The predicted molar refractivity (Wildman–Crippen MR) is 62.3 cm³/mol. The fraction of sp³-hybridized carbons (Fsp3) is 1.00. The van der Waals surface area contributed by atoms with Crippen molar-refractivity contribution < 1.29 is 0 Å². The summed E-state index contributed by atoms with van der Waals surface area (Å²) >= 11 is 0. The number of hydrogen-bond donors (Lipinski definition) is 2. The van der Waals surface area contributed by atoms with Crippen LogP contribution in [0.2, 0.25) is 0 Å². The second-order valence-corrected chi connectivity index (χ2v) is 5.28. The maximum absolute atomic E-state index is 3.46. The van der Waals surface area contributed by atoms with Crippen LogP contribution in [0.25, 0.3) is 0 Å². The lowest BCUT2D eigenvalue weighted by Crippen LogP contribution is -2.39. The van der Waals surface area contributed by atoms with Crippen LogP contribution in [-0.2, 0) is 0 Å². The van der Waals surface area contributed by atoms with Gasteiger partial charge in [0.2, 0.25) is 0 Å². The first kappa shape index (κ1) is 12.0. The first-order chi connectivity index (χ1) is 6.67. The lowest BCUT2D eigenvalue weighted by atomic mass is 9.71. The molecule has 1 aliphatic carbocycles. The van der Waals surface area contributed by atoms with Gasteiger partial charge in [0.05, 0.1) is 0 Å². The first-order valence-electron chi connectivity index (χ1n) is 6.02. The van der Waals surface area contributed by atoms with Gasteiger partial charge < -0.3 is 10.6 Å². The van der Waals surface area contributed by atoms with Crippen LogP contribution in [0.1, 0.15) is 46.0 Å². The molecule has 0 amide bonds. The normalized spacial score (nSPS) is 19.9. The molecule has 1 fully saturated rings. The molecule has 0 bridgehead atoms. The summed E-state index contributed by atoms with van der Waals surface area (Å²) in [5, 5.41) is 6.59. The van der Waals surface area contributed by atoms with E-state index in [9.17, 15) is 0 Å². The van der Waals surface area contributed by atoms with Crippen molar-refractivity contribution in [3.8, 4) is 0 Å². The van der Waals surface area contributed by atoms with Crippen molar-refractivity contribution in [1.29, 1.82) is 0 Å². The summed E-state index contributed by atoms with van der Waals surface area (Å²) in [4.78, 5) is 0. The van der Waals surface area contributed by atoms with Crippen LogP contribution in [0.4, 0.5) is 0 Å². The van der Waals surface area contributed by atoms with E-state index in [4.69, 9.17) is 0 Å². The first-order valence-corrected chi connectivity index (χ1v) is 6.02. The Hall–Kier alpha value is -0.0800. The Morgan fingerprint density at radius 1 is 1.14 bits per heavy atom. The highest BCUT2D eigenvalue weighted by Crippen LogP contribution is 2.37. The monoisotopic (exact) mass is 198 g/mol. The van der Waals surface area contributed by atoms with Gasteiger partial charge in [-0.3, -0.25) is 0 Å². The third-order valence-electron chi connectivity index (χ3n) is 3.59. The smallest absolute Gasteiger partial charge is 0.0451 e. The Balaban J connectivity index is 2.29. The fourth-order valence-corrected chi connectivity index (χ4v) is 2.54. The van der Waals surface area contributed by atoms with E-state index in [0.717, 1.165) is 19.1 Å². The van der Waals surface area contributed by atoms with Crippen LogP contribution in [0, 0.1) is 11.3 Å². The molecule has 2 nitrogen and oxygen atoms in total. The van der Waals surface area contributed by atoms with Crippen molar-refractivity contribution in [3.05, 3.63) is 0 Å². The van der Waals surface area contributed by atoms with E-state index in [1.807, 2.05) is 7.05 Å². The average Bonchev–Trinajstić information content (AvgIpc) is 2.19. The van der Waals surface area contributed by atoms with Crippen LogP contribution < -0.4 is 10.6 Å². The maximum atomic E-state index is 3.46. The zero-order valence-corrected chi connectivity index (χ0v) is 10.0. The van der Waals surface area contributed by atoms with Gasteiger partial charge in [-0.05, 0) is 31.2 Å². The Bertz CT molecular complexity index is 148. The highest BCUT2D eigenvalue weighted by atomic mass is 15.0. The minimum atomic E-state index is 0.470.